The monoisotopic (exact) mass is 184 g/mol. The van der Waals surface area contributed by atoms with E-state index in [1.54, 1.807) is 0 Å². The van der Waals surface area contributed by atoms with Gasteiger partial charge in [-0.25, -0.2) is 0 Å². The molecule has 4 unspecified atom stereocenters. The SMILES string of the molecule is CC1CC1CNCC1CC(O)CN1. The smallest absolute Gasteiger partial charge is 0.0680 e. The maximum atomic E-state index is 9.27. The van der Waals surface area contributed by atoms with Crippen molar-refractivity contribution in [2.45, 2.75) is 31.9 Å². The molecule has 3 heteroatoms. The Morgan fingerprint density at radius 3 is 2.69 bits per heavy atom. The van der Waals surface area contributed by atoms with Crippen molar-refractivity contribution in [2.24, 2.45) is 11.8 Å². The fourth-order valence-corrected chi connectivity index (χ4v) is 2.08. The van der Waals surface area contributed by atoms with Gasteiger partial charge in [0, 0.05) is 19.1 Å². The normalized spacial score (nSPS) is 43.8. The van der Waals surface area contributed by atoms with Gasteiger partial charge >= 0.3 is 0 Å². The summed E-state index contributed by atoms with van der Waals surface area (Å²) >= 11 is 0. The van der Waals surface area contributed by atoms with Crippen LogP contribution in [0.25, 0.3) is 0 Å². The van der Waals surface area contributed by atoms with Gasteiger partial charge in [0.15, 0.2) is 0 Å². The second-order valence-electron chi connectivity index (χ2n) is 4.63. The van der Waals surface area contributed by atoms with E-state index in [0.717, 1.165) is 37.9 Å². The molecular weight excluding hydrogens is 164 g/mol. The summed E-state index contributed by atoms with van der Waals surface area (Å²) in [6.07, 6.45) is 2.19. The lowest BCUT2D eigenvalue weighted by Crippen LogP contribution is -2.34. The van der Waals surface area contributed by atoms with Crippen LogP contribution in [0.2, 0.25) is 0 Å². The van der Waals surface area contributed by atoms with Gasteiger partial charge in [-0.3, -0.25) is 0 Å². The molecule has 1 heterocycles. The van der Waals surface area contributed by atoms with Crippen molar-refractivity contribution in [3.63, 3.8) is 0 Å². The van der Waals surface area contributed by atoms with E-state index < -0.39 is 0 Å². The molecule has 0 spiro atoms. The highest BCUT2D eigenvalue weighted by molar-refractivity contribution is 4.86. The van der Waals surface area contributed by atoms with E-state index in [9.17, 15) is 5.11 Å². The Bertz CT molecular complexity index is 174. The van der Waals surface area contributed by atoms with Crippen LogP contribution >= 0.6 is 0 Å². The number of rotatable bonds is 4. The molecule has 76 valence electrons. The second kappa shape index (κ2) is 3.95. The minimum absolute atomic E-state index is 0.119. The molecule has 0 aromatic carbocycles. The molecule has 0 aromatic heterocycles. The molecule has 2 rings (SSSR count). The molecule has 1 aliphatic heterocycles. The summed E-state index contributed by atoms with van der Waals surface area (Å²) < 4.78 is 0. The van der Waals surface area contributed by atoms with Crippen LogP contribution in [0.4, 0.5) is 0 Å². The quantitative estimate of drug-likeness (QED) is 0.574. The van der Waals surface area contributed by atoms with Gasteiger partial charge in [-0.2, -0.15) is 0 Å². The zero-order valence-corrected chi connectivity index (χ0v) is 8.29. The molecule has 0 radical (unpaired) electrons. The highest BCUT2D eigenvalue weighted by atomic mass is 16.3. The largest absolute Gasteiger partial charge is 0.392 e. The molecule has 0 amide bonds. The molecule has 0 bridgehead atoms. The van der Waals surface area contributed by atoms with Crippen molar-refractivity contribution in [2.75, 3.05) is 19.6 Å². The Kier molecular flexibility index (Phi) is 2.86. The number of aliphatic hydroxyl groups is 1. The van der Waals surface area contributed by atoms with Crippen molar-refractivity contribution in [1.82, 2.24) is 10.6 Å². The molecule has 1 saturated heterocycles. The summed E-state index contributed by atoms with van der Waals surface area (Å²) in [5.74, 6) is 1.86. The van der Waals surface area contributed by atoms with Gasteiger partial charge in [0.2, 0.25) is 0 Å². The average molecular weight is 184 g/mol. The molecule has 2 fully saturated rings. The third kappa shape index (κ3) is 2.66. The summed E-state index contributed by atoms with van der Waals surface area (Å²) in [5.41, 5.74) is 0. The van der Waals surface area contributed by atoms with Crippen LogP contribution in [0.15, 0.2) is 0 Å². The molecule has 3 N–H and O–H groups in total. The van der Waals surface area contributed by atoms with Crippen LogP contribution in [0.3, 0.4) is 0 Å². The van der Waals surface area contributed by atoms with Crippen molar-refractivity contribution in [1.29, 1.82) is 0 Å². The van der Waals surface area contributed by atoms with Gasteiger partial charge in [-0.1, -0.05) is 6.92 Å². The lowest BCUT2D eigenvalue weighted by Gasteiger charge is -2.10. The van der Waals surface area contributed by atoms with Gasteiger partial charge in [0.25, 0.3) is 0 Å². The fraction of sp³-hybridized carbons (Fsp3) is 1.00. The van der Waals surface area contributed by atoms with Crippen molar-refractivity contribution < 1.29 is 5.11 Å². The summed E-state index contributed by atoms with van der Waals surface area (Å²) in [4.78, 5) is 0. The zero-order valence-electron chi connectivity index (χ0n) is 8.29. The lowest BCUT2D eigenvalue weighted by molar-refractivity contribution is 0.193. The van der Waals surface area contributed by atoms with Crippen molar-refractivity contribution in [3.8, 4) is 0 Å². The summed E-state index contributed by atoms with van der Waals surface area (Å²) in [5, 5.41) is 16.0. The number of β-amino-alcohol motifs (C(OH)–C–C–N with tert-alkyl or cyclic N) is 1. The molecule has 13 heavy (non-hydrogen) atoms. The number of nitrogens with one attached hydrogen (secondary N) is 2. The number of hydrogen-bond acceptors (Lipinski definition) is 3. The van der Waals surface area contributed by atoms with Gasteiger partial charge < -0.3 is 15.7 Å². The van der Waals surface area contributed by atoms with Crippen molar-refractivity contribution in [3.05, 3.63) is 0 Å². The van der Waals surface area contributed by atoms with Crippen LogP contribution in [0, 0.1) is 11.8 Å². The van der Waals surface area contributed by atoms with E-state index in [2.05, 4.69) is 17.6 Å². The Hall–Kier alpha value is -0.120. The van der Waals surface area contributed by atoms with Crippen LogP contribution < -0.4 is 10.6 Å². The molecule has 1 aliphatic carbocycles. The first-order chi connectivity index (χ1) is 6.25. The van der Waals surface area contributed by atoms with Crippen LogP contribution in [-0.2, 0) is 0 Å². The Balaban J connectivity index is 1.53. The Morgan fingerprint density at radius 2 is 2.15 bits per heavy atom. The summed E-state index contributed by atoms with van der Waals surface area (Å²) in [6.45, 7) is 5.26. The summed E-state index contributed by atoms with van der Waals surface area (Å²) in [7, 11) is 0. The van der Waals surface area contributed by atoms with Crippen LogP contribution in [0.5, 0.6) is 0 Å². The van der Waals surface area contributed by atoms with Gasteiger partial charge in [0.05, 0.1) is 6.10 Å². The van der Waals surface area contributed by atoms with Crippen LogP contribution in [0.1, 0.15) is 19.8 Å². The molecular formula is C10H20N2O. The minimum atomic E-state index is -0.119. The van der Waals surface area contributed by atoms with E-state index in [0.29, 0.717) is 6.04 Å². The first-order valence-electron chi connectivity index (χ1n) is 5.38. The average Bonchev–Trinajstić information content (AvgIpc) is 2.60. The maximum absolute atomic E-state index is 9.27. The van der Waals surface area contributed by atoms with Crippen LogP contribution in [-0.4, -0.2) is 36.9 Å². The van der Waals surface area contributed by atoms with Gasteiger partial charge in [-0.05, 0) is 31.2 Å². The van der Waals surface area contributed by atoms with E-state index in [4.69, 9.17) is 0 Å². The minimum Gasteiger partial charge on any atom is -0.392 e. The topological polar surface area (TPSA) is 44.3 Å². The van der Waals surface area contributed by atoms with Crippen molar-refractivity contribution >= 4 is 0 Å². The van der Waals surface area contributed by atoms with Gasteiger partial charge in [-0.15, -0.1) is 0 Å². The second-order valence-corrected chi connectivity index (χ2v) is 4.63. The standard InChI is InChI=1S/C10H20N2O/c1-7-2-8(7)4-11-5-9-3-10(13)6-12-9/h7-13H,2-6H2,1H3. The highest BCUT2D eigenvalue weighted by Crippen LogP contribution is 2.36. The molecule has 2 aliphatic rings. The Morgan fingerprint density at radius 1 is 1.38 bits per heavy atom. The predicted molar refractivity (Wildman–Crippen MR) is 52.6 cm³/mol. The molecule has 3 nitrogen and oxygen atoms in total. The first-order valence-corrected chi connectivity index (χ1v) is 5.38. The number of aliphatic hydroxyl groups excluding tert-OH is 1. The third-order valence-electron chi connectivity index (χ3n) is 3.27. The molecule has 0 aromatic rings. The number of hydrogen-bond donors (Lipinski definition) is 3. The maximum Gasteiger partial charge on any atom is 0.0680 e. The van der Waals surface area contributed by atoms with E-state index in [-0.39, 0.29) is 6.10 Å². The Labute approximate surface area is 79.9 Å². The highest BCUT2D eigenvalue weighted by Gasteiger charge is 2.32. The predicted octanol–water partition coefficient (Wildman–Crippen LogP) is -0.0452. The lowest BCUT2D eigenvalue weighted by atomic mass is 10.2. The van der Waals surface area contributed by atoms with E-state index in [1.807, 2.05) is 0 Å². The zero-order chi connectivity index (χ0) is 9.26. The fourth-order valence-electron chi connectivity index (χ4n) is 2.08. The third-order valence-corrected chi connectivity index (χ3v) is 3.27. The van der Waals surface area contributed by atoms with E-state index >= 15 is 0 Å². The van der Waals surface area contributed by atoms with Gasteiger partial charge in [0.1, 0.15) is 0 Å². The molecule has 1 saturated carbocycles. The molecule has 4 atom stereocenters. The summed E-state index contributed by atoms with van der Waals surface area (Å²) in [6, 6.07) is 0.490. The van der Waals surface area contributed by atoms with E-state index in [1.165, 1.54) is 6.42 Å². The first kappa shape index (κ1) is 9.44.